The molecule has 3 heteroatoms. The maximum atomic E-state index is 7.06. The SMILES string of the molecule is N=C(N)C1=C(N)CCC1. The number of nitrogens with two attached hydrogens (primary N) is 2. The molecule has 0 saturated heterocycles. The van der Waals surface area contributed by atoms with E-state index in [1.54, 1.807) is 0 Å². The summed E-state index contributed by atoms with van der Waals surface area (Å²) in [6, 6.07) is 0. The van der Waals surface area contributed by atoms with Crippen LogP contribution in [0.2, 0.25) is 0 Å². The Morgan fingerprint density at radius 1 is 1.44 bits per heavy atom. The highest BCUT2D eigenvalue weighted by molar-refractivity contribution is 5.95. The first-order valence-electron chi connectivity index (χ1n) is 3.03. The number of hydrogen-bond acceptors (Lipinski definition) is 2. The summed E-state index contributed by atoms with van der Waals surface area (Å²) in [5, 5.41) is 7.06. The third kappa shape index (κ3) is 1.04. The first-order valence-corrected chi connectivity index (χ1v) is 3.03. The van der Waals surface area contributed by atoms with Gasteiger partial charge in [0.15, 0.2) is 0 Å². The zero-order valence-electron chi connectivity index (χ0n) is 5.28. The molecule has 0 fully saturated rings. The molecule has 1 rings (SSSR count). The molecule has 0 aromatic heterocycles. The monoisotopic (exact) mass is 125 g/mol. The fourth-order valence-electron chi connectivity index (χ4n) is 1.07. The summed E-state index contributed by atoms with van der Waals surface area (Å²) in [5.74, 6) is 0.144. The maximum absolute atomic E-state index is 7.06. The van der Waals surface area contributed by atoms with E-state index in [1.807, 2.05) is 0 Å². The number of hydrogen-bond donors (Lipinski definition) is 3. The Kier molecular flexibility index (Phi) is 1.42. The van der Waals surface area contributed by atoms with Gasteiger partial charge in [0.2, 0.25) is 0 Å². The Hall–Kier alpha value is -0.990. The predicted molar refractivity (Wildman–Crippen MR) is 37.0 cm³/mol. The van der Waals surface area contributed by atoms with Gasteiger partial charge < -0.3 is 11.5 Å². The lowest BCUT2D eigenvalue weighted by molar-refractivity contribution is 0.895. The lowest BCUT2D eigenvalue weighted by Gasteiger charge is -1.97. The average Bonchev–Trinajstić information content (AvgIpc) is 2.13. The molecule has 0 radical (unpaired) electrons. The van der Waals surface area contributed by atoms with Crippen molar-refractivity contribution >= 4 is 5.84 Å². The molecule has 3 nitrogen and oxygen atoms in total. The van der Waals surface area contributed by atoms with Crippen LogP contribution in [0, 0.1) is 5.41 Å². The van der Waals surface area contributed by atoms with Gasteiger partial charge in [0.25, 0.3) is 0 Å². The van der Waals surface area contributed by atoms with Gasteiger partial charge in [-0.15, -0.1) is 0 Å². The van der Waals surface area contributed by atoms with Crippen LogP contribution in [0.3, 0.4) is 0 Å². The van der Waals surface area contributed by atoms with Gasteiger partial charge in [-0.05, 0) is 19.3 Å². The largest absolute Gasteiger partial charge is 0.402 e. The second kappa shape index (κ2) is 2.09. The molecule has 0 aromatic carbocycles. The first kappa shape index (κ1) is 6.13. The fraction of sp³-hybridized carbons (Fsp3) is 0.500. The molecule has 0 amide bonds. The van der Waals surface area contributed by atoms with Crippen molar-refractivity contribution in [3.63, 3.8) is 0 Å². The zero-order chi connectivity index (χ0) is 6.85. The molecule has 0 bridgehead atoms. The highest BCUT2D eigenvalue weighted by Gasteiger charge is 2.12. The number of rotatable bonds is 1. The number of allylic oxidation sites excluding steroid dienone is 1. The zero-order valence-corrected chi connectivity index (χ0v) is 5.28. The summed E-state index contributed by atoms with van der Waals surface area (Å²) in [4.78, 5) is 0. The molecule has 50 valence electrons. The van der Waals surface area contributed by atoms with Gasteiger partial charge in [-0.3, -0.25) is 5.41 Å². The summed E-state index contributed by atoms with van der Waals surface area (Å²) in [6.45, 7) is 0. The fourth-order valence-corrected chi connectivity index (χ4v) is 1.07. The first-order chi connectivity index (χ1) is 4.22. The Bertz CT molecular complexity index is 169. The molecule has 0 heterocycles. The smallest absolute Gasteiger partial charge is 0.120 e. The summed E-state index contributed by atoms with van der Waals surface area (Å²) in [7, 11) is 0. The van der Waals surface area contributed by atoms with Crippen LogP contribution >= 0.6 is 0 Å². The highest BCUT2D eigenvalue weighted by atomic mass is 14.7. The van der Waals surface area contributed by atoms with E-state index in [4.69, 9.17) is 16.9 Å². The van der Waals surface area contributed by atoms with Crippen molar-refractivity contribution in [2.75, 3.05) is 0 Å². The van der Waals surface area contributed by atoms with Crippen molar-refractivity contribution in [3.05, 3.63) is 11.3 Å². The van der Waals surface area contributed by atoms with Crippen molar-refractivity contribution in [1.82, 2.24) is 0 Å². The standard InChI is InChI=1S/C6H11N3/c7-5-3-1-2-4(5)6(8)9/h1-3,7H2,(H3,8,9). The van der Waals surface area contributed by atoms with E-state index in [1.165, 1.54) is 0 Å². The molecule has 1 aliphatic rings. The minimum absolute atomic E-state index is 0.144. The van der Waals surface area contributed by atoms with Crippen LogP contribution in [-0.2, 0) is 0 Å². The van der Waals surface area contributed by atoms with Crippen LogP contribution in [0.1, 0.15) is 19.3 Å². The van der Waals surface area contributed by atoms with Crippen LogP contribution in [0.5, 0.6) is 0 Å². The number of nitrogens with one attached hydrogen (secondary N) is 1. The van der Waals surface area contributed by atoms with E-state index in [9.17, 15) is 0 Å². The third-order valence-corrected chi connectivity index (χ3v) is 1.59. The number of amidine groups is 1. The Morgan fingerprint density at radius 2 is 2.11 bits per heavy atom. The van der Waals surface area contributed by atoms with E-state index in [0.717, 1.165) is 30.5 Å². The molecule has 9 heavy (non-hydrogen) atoms. The minimum atomic E-state index is 0.144. The van der Waals surface area contributed by atoms with E-state index in [2.05, 4.69) is 0 Å². The van der Waals surface area contributed by atoms with Gasteiger partial charge in [-0.2, -0.15) is 0 Å². The Morgan fingerprint density at radius 3 is 2.33 bits per heavy atom. The van der Waals surface area contributed by atoms with Crippen LogP contribution < -0.4 is 11.5 Å². The molecule has 0 atom stereocenters. The van der Waals surface area contributed by atoms with Gasteiger partial charge in [-0.1, -0.05) is 0 Å². The van der Waals surface area contributed by atoms with Crippen molar-refractivity contribution in [2.45, 2.75) is 19.3 Å². The summed E-state index contributed by atoms with van der Waals surface area (Å²) < 4.78 is 0. The second-order valence-electron chi connectivity index (χ2n) is 2.27. The van der Waals surface area contributed by atoms with Crippen molar-refractivity contribution < 1.29 is 0 Å². The molecule has 5 N–H and O–H groups in total. The van der Waals surface area contributed by atoms with E-state index >= 15 is 0 Å². The van der Waals surface area contributed by atoms with Crippen LogP contribution in [0.4, 0.5) is 0 Å². The summed E-state index contributed by atoms with van der Waals surface area (Å²) in [5.41, 5.74) is 12.4. The normalized spacial score (nSPS) is 18.7. The molecule has 0 saturated carbocycles. The van der Waals surface area contributed by atoms with Crippen molar-refractivity contribution in [3.8, 4) is 0 Å². The lowest BCUT2D eigenvalue weighted by Crippen LogP contribution is -2.14. The van der Waals surface area contributed by atoms with Gasteiger partial charge in [0.1, 0.15) is 5.84 Å². The molecular weight excluding hydrogens is 114 g/mol. The van der Waals surface area contributed by atoms with E-state index in [-0.39, 0.29) is 5.84 Å². The average molecular weight is 125 g/mol. The van der Waals surface area contributed by atoms with E-state index in [0.29, 0.717) is 0 Å². The minimum Gasteiger partial charge on any atom is -0.402 e. The van der Waals surface area contributed by atoms with E-state index < -0.39 is 0 Å². The highest BCUT2D eigenvalue weighted by Crippen LogP contribution is 2.21. The molecule has 0 unspecified atom stereocenters. The van der Waals surface area contributed by atoms with Crippen molar-refractivity contribution in [2.24, 2.45) is 11.5 Å². The topological polar surface area (TPSA) is 75.9 Å². The second-order valence-corrected chi connectivity index (χ2v) is 2.27. The Labute approximate surface area is 54.2 Å². The maximum Gasteiger partial charge on any atom is 0.120 e. The quantitative estimate of drug-likeness (QED) is 0.348. The molecule has 0 aromatic rings. The molecule has 1 aliphatic carbocycles. The van der Waals surface area contributed by atoms with Crippen LogP contribution in [0.15, 0.2) is 11.3 Å². The lowest BCUT2D eigenvalue weighted by atomic mass is 10.2. The van der Waals surface area contributed by atoms with Gasteiger partial charge in [0, 0.05) is 11.3 Å². The summed E-state index contributed by atoms with van der Waals surface area (Å²) in [6.07, 6.45) is 2.86. The Balaban J connectivity index is 2.78. The van der Waals surface area contributed by atoms with Crippen LogP contribution in [-0.4, -0.2) is 5.84 Å². The van der Waals surface area contributed by atoms with Crippen molar-refractivity contribution in [1.29, 1.82) is 5.41 Å². The van der Waals surface area contributed by atoms with Gasteiger partial charge >= 0.3 is 0 Å². The van der Waals surface area contributed by atoms with Crippen LogP contribution in [0.25, 0.3) is 0 Å². The third-order valence-electron chi connectivity index (χ3n) is 1.59. The molecule has 0 spiro atoms. The molecular formula is C6H11N3. The molecule has 0 aliphatic heterocycles. The summed E-state index contributed by atoms with van der Waals surface area (Å²) >= 11 is 0. The predicted octanol–water partition coefficient (Wildman–Crippen LogP) is 0.319. The van der Waals surface area contributed by atoms with Gasteiger partial charge in [-0.25, -0.2) is 0 Å². The van der Waals surface area contributed by atoms with Gasteiger partial charge in [0.05, 0.1) is 0 Å².